The second kappa shape index (κ2) is 8.83. The lowest BCUT2D eigenvalue weighted by atomic mass is 10.1. The van der Waals surface area contributed by atoms with Crippen molar-refractivity contribution in [1.29, 1.82) is 0 Å². The van der Waals surface area contributed by atoms with Crippen LogP contribution in [0.1, 0.15) is 11.1 Å². The van der Waals surface area contributed by atoms with E-state index < -0.39 is 38.1 Å². The Balaban J connectivity index is 1.80. The number of ether oxygens (including phenoxy) is 1. The third-order valence-electron chi connectivity index (χ3n) is 4.24. The van der Waals surface area contributed by atoms with Gasteiger partial charge in [0.15, 0.2) is 0 Å². The summed E-state index contributed by atoms with van der Waals surface area (Å²) >= 11 is 0.555. The molecule has 1 saturated heterocycles. The predicted octanol–water partition coefficient (Wildman–Crippen LogP) is 3.63. The van der Waals surface area contributed by atoms with E-state index in [-0.39, 0.29) is 23.6 Å². The van der Waals surface area contributed by atoms with Gasteiger partial charge in [0.1, 0.15) is 12.4 Å². The quantitative estimate of drug-likeness (QED) is 0.382. The van der Waals surface area contributed by atoms with Crippen LogP contribution < -0.4 is 4.74 Å². The zero-order valence-corrected chi connectivity index (χ0v) is 16.8. The number of phenolic OH excluding ortho intramolecular Hbond substituents is 1. The number of nitro benzene ring substituents is 2. The van der Waals surface area contributed by atoms with Crippen LogP contribution in [0.25, 0.3) is 6.08 Å². The summed E-state index contributed by atoms with van der Waals surface area (Å²) in [6.07, 6.45) is 1.02. The first kappa shape index (κ1) is 21.8. The van der Waals surface area contributed by atoms with Gasteiger partial charge in [-0.05, 0) is 42.5 Å². The van der Waals surface area contributed by atoms with Gasteiger partial charge in [0.05, 0.1) is 27.4 Å². The number of nitro groups is 2. The number of benzene rings is 2. The highest BCUT2D eigenvalue weighted by Gasteiger charge is 2.35. The molecule has 0 bridgehead atoms. The fraction of sp³-hybridized carbons (Fsp3) is 0.158. The summed E-state index contributed by atoms with van der Waals surface area (Å²) in [5.74, 6) is -0.960. The first-order valence-corrected chi connectivity index (χ1v) is 9.59. The van der Waals surface area contributed by atoms with Crippen molar-refractivity contribution in [3.05, 3.63) is 72.7 Å². The maximum absolute atomic E-state index is 12.6. The van der Waals surface area contributed by atoms with Gasteiger partial charge in [-0.15, -0.1) is 0 Å². The first-order valence-electron chi connectivity index (χ1n) is 8.78. The number of hydrogen-bond donors (Lipinski definition) is 1. The molecule has 11 nitrogen and oxygen atoms in total. The Morgan fingerprint density at radius 2 is 1.90 bits per heavy atom. The Labute approximate surface area is 179 Å². The Kier molecular flexibility index (Phi) is 6.20. The molecule has 31 heavy (non-hydrogen) atoms. The molecule has 1 aliphatic rings. The number of imide groups is 1. The Hall–Kier alpha value is -3.93. The normalized spacial score (nSPS) is 14.9. The van der Waals surface area contributed by atoms with Gasteiger partial charge < -0.3 is 9.84 Å². The summed E-state index contributed by atoms with van der Waals surface area (Å²) < 4.78 is 5.54. The van der Waals surface area contributed by atoms with Crippen LogP contribution in [0.15, 0.2) is 41.3 Å². The second-order valence-electron chi connectivity index (χ2n) is 6.42. The Morgan fingerprint density at radius 3 is 2.55 bits per heavy atom. The Bertz CT molecular complexity index is 1130. The van der Waals surface area contributed by atoms with Crippen LogP contribution >= 0.6 is 11.8 Å². The highest BCUT2D eigenvalue weighted by atomic mass is 32.2. The fourth-order valence-electron chi connectivity index (χ4n) is 2.77. The van der Waals surface area contributed by atoms with Gasteiger partial charge in [0, 0.05) is 11.6 Å². The largest absolute Gasteiger partial charge is 0.502 e. The van der Waals surface area contributed by atoms with Crippen LogP contribution in [-0.4, -0.2) is 44.2 Å². The average Bonchev–Trinajstić information content (AvgIpc) is 2.96. The molecule has 1 fully saturated rings. The van der Waals surface area contributed by atoms with Crippen LogP contribution in [0.3, 0.4) is 0 Å². The van der Waals surface area contributed by atoms with E-state index >= 15 is 0 Å². The number of aromatic hydroxyl groups is 1. The molecule has 0 saturated carbocycles. The third kappa shape index (κ3) is 4.80. The van der Waals surface area contributed by atoms with E-state index in [0.717, 1.165) is 22.6 Å². The number of rotatable bonds is 7. The lowest BCUT2D eigenvalue weighted by Crippen LogP contribution is -2.32. The molecule has 2 aromatic rings. The third-order valence-corrected chi connectivity index (χ3v) is 5.15. The van der Waals surface area contributed by atoms with Crippen LogP contribution in [0.4, 0.5) is 16.2 Å². The lowest BCUT2D eigenvalue weighted by Gasteiger charge is -2.13. The van der Waals surface area contributed by atoms with Crippen molar-refractivity contribution in [2.75, 3.05) is 13.2 Å². The van der Waals surface area contributed by atoms with E-state index in [0.29, 0.717) is 23.6 Å². The Morgan fingerprint density at radius 1 is 1.16 bits per heavy atom. The molecule has 0 unspecified atom stereocenters. The number of non-ortho nitro benzene ring substituents is 1. The topological polar surface area (TPSA) is 153 Å². The molecule has 1 aliphatic heterocycles. The van der Waals surface area contributed by atoms with Gasteiger partial charge in [-0.25, -0.2) is 0 Å². The van der Waals surface area contributed by atoms with Crippen molar-refractivity contribution in [1.82, 2.24) is 4.90 Å². The zero-order valence-electron chi connectivity index (χ0n) is 16.0. The summed E-state index contributed by atoms with van der Waals surface area (Å²) in [5.41, 5.74) is -0.854. The molecule has 2 aromatic carbocycles. The van der Waals surface area contributed by atoms with Gasteiger partial charge in [-0.2, -0.15) is 0 Å². The van der Waals surface area contributed by atoms with Crippen molar-refractivity contribution in [2.45, 2.75) is 6.92 Å². The number of nitrogens with zero attached hydrogens (tertiary/aromatic N) is 3. The van der Waals surface area contributed by atoms with E-state index in [1.165, 1.54) is 0 Å². The molecule has 12 heteroatoms. The maximum Gasteiger partial charge on any atom is 0.318 e. The number of carbonyl (C=O) groups excluding carboxylic acids is 2. The smallest absolute Gasteiger partial charge is 0.318 e. The van der Waals surface area contributed by atoms with Gasteiger partial charge in [-0.3, -0.25) is 34.7 Å². The van der Waals surface area contributed by atoms with E-state index in [1.54, 1.807) is 18.2 Å². The van der Waals surface area contributed by atoms with Crippen LogP contribution in [0.2, 0.25) is 0 Å². The molecule has 0 atom stereocenters. The van der Waals surface area contributed by atoms with E-state index in [9.17, 15) is 34.9 Å². The minimum Gasteiger partial charge on any atom is -0.502 e. The number of phenols is 1. The molecule has 0 aliphatic carbocycles. The number of amides is 2. The van der Waals surface area contributed by atoms with Gasteiger partial charge in [0.25, 0.3) is 16.8 Å². The standard InChI is InChI=1S/C19H15N3O8S/c1-11-3-2-4-14(7-11)30-6-5-20-18(24)16(31-19(20)25)9-12-8-13(21(26)27)10-15(17(12)23)22(28)29/h2-4,7-10,23H,5-6H2,1H3/b16-9-. The second-order valence-corrected chi connectivity index (χ2v) is 7.41. The van der Waals surface area contributed by atoms with Gasteiger partial charge in [-0.1, -0.05) is 12.1 Å². The molecule has 160 valence electrons. The molecule has 0 spiro atoms. The average molecular weight is 445 g/mol. The predicted molar refractivity (Wildman–Crippen MR) is 111 cm³/mol. The van der Waals surface area contributed by atoms with Crippen LogP contribution in [0.5, 0.6) is 11.5 Å². The molecular weight excluding hydrogens is 430 g/mol. The molecular formula is C19H15N3O8S. The molecule has 0 radical (unpaired) electrons. The minimum absolute atomic E-state index is 0.0440. The van der Waals surface area contributed by atoms with E-state index in [4.69, 9.17) is 4.74 Å². The molecule has 1 heterocycles. The van der Waals surface area contributed by atoms with Crippen LogP contribution in [-0.2, 0) is 4.79 Å². The summed E-state index contributed by atoms with van der Waals surface area (Å²) in [7, 11) is 0. The van der Waals surface area contributed by atoms with Crippen molar-refractivity contribution in [2.24, 2.45) is 0 Å². The summed E-state index contributed by atoms with van der Waals surface area (Å²) in [6.45, 7) is 1.89. The van der Waals surface area contributed by atoms with Crippen molar-refractivity contribution in [3.8, 4) is 11.5 Å². The highest BCUT2D eigenvalue weighted by molar-refractivity contribution is 8.18. The number of hydrogen-bond acceptors (Lipinski definition) is 9. The molecule has 0 aromatic heterocycles. The SMILES string of the molecule is Cc1cccc(OCCN2C(=O)S/C(=C\c3cc([N+](=O)[O-])cc([N+](=O)[O-])c3O)C2=O)c1. The number of aryl methyl sites for hydroxylation is 1. The fourth-order valence-corrected chi connectivity index (χ4v) is 3.63. The van der Waals surface area contributed by atoms with E-state index in [2.05, 4.69) is 0 Å². The lowest BCUT2D eigenvalue weighted by molar-refractivity contribution is -0.394. The van der Waals surface area contributed by atoms with E-state index in [1.807, 2.05) is 13.0 Å². The van der Waals surface area contributed by atoms with Gasteiger partial charge >= 0.3 is 5.69 Å². The monoisotopic (exact) mass is 445 g/mol. The summed E-state index contributed by atoms with van der Waals surface area (Å²) in [6, 6.07) is 8.72. The van der Waals surface area contributed by atoms with Crippen molar-refractivity contribution in [3.63, 3.8) is 0 Å². The first-order chi connectivity index (χ1) is 14.7. The molecule has 2 amide bonds. The van der Waals surface area contributed by atoms with Crippen molar-refractivity contribution >= 4 is 40.4 Å². The maximum atomic E-state index is 12.6. The van der Waals surface area contributed by atoms with Crippen molar-refractivity contribution < 1.29 is 29.3 Å². The molecule has 3 rings (SSSR count). The van der Waals surface area contributed by atoms with Crippen LogP contribution in [0, 0.1) is 27.2 Å². The number of carbonyl (C=O) groups is 2. The minimum atomic E-state index is -0.978. The van der Waals surface area contributed by atoms with Gasteiger partial charge in [0.2, 0.25) is 5.75 Å². The highest BCUT2D eigenvalue weighted by Crippen LogP contribution is 2.39. The molecule has 1 N–H and O–H groups in total. The summed E-state index contributed by atoms with van der Waals surface area (Å²) in [4.78, 5) is 45.8. The summed E-state index contributed by atoms with van der Waals surface area (Å²) in [5, 5.41) is 31.6. The zero-order chi connectivity index (χ0) is 22.7. The number of thioether (sulfide) groups is 1.